The molecule has 0 spiro atoms. The lowest BCUT2D eigenvalue weighted by atomic mass is 9.90. The fourth-order valence-electron chi connectivity index (χ4n) is 4.03. The van der Waals surface area contributed by atoms with Gasteiger partial charge >= 0.3 is 0 Å². The van der Waals surface area contributed by atoms with Gasteiger partial charge in [-0.15, -0.1) is 10.2 Å². The number of para-hydroxylation sites is 1. The molecule has 0 radical (unpaired) electrons. The maximum absolute atomic E-state index is 13.2. The van der Waals surface area contributed by atoms with Crippen molar-refractivity contribution in [2.75, 3.05) is 5.32 Å². The number of nitrogens with one attached hydrogen (secondary N) is 1. The lowest BCUT2D eigenvalue weighted by Gasteiger charge is -2.18. The first-order valence-electron chi connectivity index (χ1n) is 10.3. The molecule has 152 valence electrons. The molecule has 7 heteroatoms. The third kappa shape index (κ3) is 3.73. The molecule has 1 aromatic carbocycles. The van der Waals surface area contributed by atoms with Crippen molar-refractivity contribution in [3.8, 4) is 11.5 Å². The molecule has 3 heterocycles. The summed E-state index contributed by atoms with van der Waals surface area (Å²) in [6, 6.07) is 13.2. The predicted octanol–water partition coefficient (Wildman–Crippen LogP) is 5.95. The molecule has 0 saturated heterocycles. The highest BCUT2D eigenvalue weighted by Crippen LogP contribution is 2.35. The fraction of sp³-hybridized carbons (Fsp3) is 0.304. The summed E-state index contributed by atoms with van der Waals surface area (Å²) in [5.41, 5.74) is 1.92. The second kappa shape index (κ2) is 7.99. The third-order valence-electron chi connectivity index (χ3n) is 5.57. The number of pyridine rings is 1. The minimum atomic E-state index is -0.218. The first kappa shape index (κ1) is 18.9. The summed E-state index contributed by atoms with van der Waals surface area (Å²) in [4.78, 5) is 17.8. The zero-order valence-electron chi connectivity index (χ0n) is 16.7. The van der Waals surface area contributed by atoms with E-state index in [0.717, 1.165) is 34.5 Å². The monoisotopic (exact) mass is 418 g/mol. The Hall–Kier alpha value is -3.06. The first-order valence-corrected chi connectivity index (χ1v) is 11.1. The second-order valence-electron chi connectivity index (χ2n) is 7.72. The van der Waals surface area contributed by atoms with Gasteiger partial charge in [-0.1, -0.05) is 48.8 Å². The molecule has 3 aromatic heterocycles. The Kier molecular flexibility index (Phi) is 5.04. The summed E-state index contributed by atoms with van der Waals surface area (Å²) in [7, 11) is 0. The lowest BCUT2D eigenvalue weighted by molar-refractivity contribution is 0.102. The molecule has 0 aliphatic heterocycles. The maximum Gasteiger partial charge on any atom is 0.258 e. The maximum atomic E-state index is 13.2. The number of carbonyl (C=O) groups excluding carboxylic acids is 1. The van der Waals surface area contributed by atoms with Gasteiger partial charge in [0.25, 0.3) is 5.91 Å². The number of aryl methyl sites for hydroxylation is 1. The third-order valence-corrected chi connectivity index (χ3v) is 6.57. The van der Waals surface area contributed by atoms with Crippen LogP contribution in [0.1, 0.15) is 59.1 Å². The molecule has 0 atom stereocenters. The quantitative estimate of drug-likeness (QED) is 0.442. The van der Waals surface area contributed by atoms with Gasteiger partial charge < -0.3 is 4.42 Å². The molecule has 1 aliphatic carbocycles. The van der Waals surface area contributed by atoms with Crippen LogP contribution in [0.4, 0.5) is 5.13 Å². The van der Waals surface area contributed by atoms with Crippen molar-refractivity contribution in [3.05, 3.63) is 58.8 Å². The van der Waals surface area contributed by atoms with Crippen LogP contribution in [0.2, 0.25) is 0 Å². The Morgan fingerprint density at radius 3 is 2.73 bits per heavy atom. The van der Waals surface area contributed by atoms with Gasteiger partial charge in [-0.05, 0) is 44.0 Å². The van der Waals surface area contributed by atoms with Crippen LogP contribution >= 0.6 is 11.3 Å². The van der Waals surface area contributed by atoms with Crippen LogP contribution in [-0.4, -0.2) is 21.1 Å². The predicted molar refractivity (Wildman–Crippen MR) is 118 cm³/mol. The van der Waals surface area contributed by atoms with Crippen LogP contribution in [0.15, 0.2) is 46.9 Å². The molecule has 30 heavy (non-hydrogen) atoms. The molecule has 1 N–H and O–H groups in total. The summed E-state index contributed by atoms with van der Waals surface area (Å²) in [6.07, 6.45) is 6.09. The number of hydrogen-bond donors (Lipinski definition) is 1. The summed E-state index contributed by atoms with van der Waals surface area (Å²) < 4.78 is 5.73. The average molecular weight is 419 g/mol. The van der Waals surface area contributed by atoms with E-state index in [1.165, 1.54) is 30.6 Å². The van der Waals surface area contributed by atoms with Gasteiger partial charge in [0, 0.05) is 11.3 Å². The smallest absolute Gasteiger partial charge is 0.258 e. The molecule has 1 saturated carbocycles. The molecular formula is C23H22N4O2S. The Morgan fingerprint density at radius 1 is 1.10 bits per heavy atom. The number of amides is 1. The van der Waals surface area contributed by atoms with E-state index in [4.69, 9.17) is 4.42 Å². The molecule has 1 amide bonds. The van der Waals surface area contributed by atoms with E-state index in [2.05, 4.69) is 20.5 Å². The van der Waals surface area contributed by atoms with Gasteiger partial charge in [-0.25, -0.2) is 4.98 Å². The minimum Gasteiger partial charge on any atom is -0.460 e. The highest BCUT2D eigenvalue weighted by Gasteiger charge is 2.21. The molecule has 1 fully saturated rings. The van der Waals surface area contributed by atoms with Gasteiger partial charge in [-0.2, -0.15) is 0 Å². The molecule has 1 aliphatic rings. The number of benzene rings is 1. The molecule has 4 aromatic rings. The van der Waals surface area contributed by atoms with Crippen molar-refractivity contribution < 1.29 is 9.21 Å². The van der Waals surface area contributed by atoms with E-state index in [9.17, 15) is 4.79 Å². The molecular weight excluding hydrogens is 396 g/mol. The molecule has 5 rings (SSSR count). The number of anilines is 1. The van der Waals surface area contributed by atoms with Crippen LogP contribution in [-0.2, 0) is 0 Å². The Bertz CT molecular complexity index is 1210. The van der Waals surface area contributed by atoms with Crippen molar-refractivity contribution in [3.63, 3.8) is 0 Å². The normalized spacial score (nSPS) is 14.8. The average Bonchev–Trinajstić information content (AvgIpc) is 3.42. The topological polar surface area (TPSA) is 80.9 Å². The number of carbonyl (C=O) groups is 1. The van der Waals surface area contributed by atoms with Crippen molar-refractivity contribution in [2.24, 2.45) is 0 Å². The zero-order chi connectivity index (χ0) is 20.5. The number of furan rings is 1. The number of hydrogen-bond acceptors (Lipinski definition) is 6. The minimum absolute atomic E-state index is 0.218. The van der Waals surface area contributed by atoms with E-state index in [0.29, 0.717) is 28.1 Å². The number of fused-ring (bicyclic) bond motifs is 1. The van der Waals surface area contributed by atoms with Crippen LogP contribution in [0.25, 0.3) is 22.4 Å². The Labute approximate surface area is 178 Å². The van der Waals surface area contributed by atoms with E-state index < -0.39 is 0 Å². The highest BCUT2D eigenvalue weighted by atomic mass is 32.1. The largest absolute Gasteiger partial charge is 0.460 e. The van der Waals surface area contributed by atoms with Crippen LogP contribution in [0.3, 0.4) is 0 Å². The highest BCUT2D eigenvalue weighted by molar-refractivity contribution is 7.15. The van der Waals surface area contributed by atoms with E-state index >= 15 is 0 Å². The Balaban J connectivity index is 1.46. The summed E-state index contributed by atoms with van der Waals surface area (Å²) in [5, 5.41) is 13.9. The number of rotatable bonds is 4. The van der Waals surface area contributed by atoms with E-state index in [1.54, 1.807) is 6.07 Å². The summed E-state index contributed by atoms with van der Waals surface area (Å²) >= 11 is 1.48. The summed E-state index contributed by atoms with van der Waals surface area (Å²) in [5.74, 6) is 1.69. The van der Waals surface area contributed by atoms with Gasteiger partial charge in [0.2, 0.25) is 5.13 Å². The van der Waals surface area contributed by atoms with Crippen molar-refractivity contribution in [1.29, 1.82) is 0 Å². The van der Waals surface area contributed by atoms with Crippen LogP contribution in [0.5, 0.6) is 0 Å². The summed E-state index contributed by atoms with van der Waals surface area (Å²) in [6.45, 7) is 1.89. The van der Waals surface area contributed by atoms with E-state index in [-0.39, 0.29) is 5.91 Å². The van der Waals surface area contributed by atoms with Crippen LogP contribution < -0.4 is 5.32 Å². The standard InChI is InChI=1S/C23H22N4O2S/c1-14-11-12-20(29-14)19-13-17(16-9-5-6-10-18(16)24-19)21(28)25-23-27-26-22(30-23)15-7-3-2-4-8-15/h5-6,9-13,15H,2-4,7-8H2,1H3,(H,25,27,28). The van der Waals surface area contributed by atoms with Gasteiger partial charge in [0.15, 0.2) is 5.76 Å². The van der Waals surface area contributed by atoms with Crippen molar-refractivity contribution in [2.45, 2.75) is 44.9 Å². The van der Waals surface area contributed by atoms with Gasteiger partial charge in [-0.3, -0.25) is 10.1 Å². The molecule has 6 nitrogen and oxygen atoms in total. The van der Waals surface area contributed by atoms with Gasteiger partial charge in [0.1, 0.15) is 16.5 Å². The second-order valence-corrected chi connectivity index (χ2v) is 8.73. The molecule has 0 bridgehead atoms. The lowest BCUT2D eigenvalue weighted by Crippen LogP contribution is -2.13. The zero-order valence-corrected chi connectivity index (χ0v) is 17.5. The fourth-order valence-corrected chi connectivity index (χ4v) is 4.93. The first-order chi connectivity index (χ1) is 14.7. The van der Waals surface area contributed by atoms with Gasteiger partial charge in [0.05, 0.1) is 11.1 Å². The Morgan fingerprint density at radius 2 is 1.93 bits per heavy atom. The SMILES string of the molecule is Cc1ccc(-c2cc(C(=O)Nc3nnc(C4CCCCC4)s3)c3ccccc3n2)o1. The van der Waals surface area contributed by atoms with Crippen molar-refractivity contribution >= 4 is 33.3 Å². The number of aromatic nitrogens is 3. The van der Waals surface area contributed by atoms with Crippen LogP contribution in [0, 0.1) is 6.92 Å². The van der Waals surface area contributed by atoms with Crippen molar-refractivity contribution in [1.82, 2.24) is 15.2 Å². The van der Waals surface area contributed by atoms with E-state index in [1.807, 2.05) is 43.3 Å². The number of nitrogens with zero attached hydrogens (tertiary/aromatic N) is 3. The molecule has 0 unspecified atom stereocenters.